The molecule has 134 valence electrons. The molecular weight excluding hydrogens is 394 g/mol. The number of nitrogens with zero attached hydrogens (tertiary/aromatic N) is 1. The minimum atomic E-state index is 0.471. The molecule has 0 bridgehead atoms. The van der Waals surface area contributed by atoms with Crippen molar-refractivity contribution in [2.45, 2.75) is 25.7 Å². The number of aromatic nitrogens is 1. The van der Waals surface area contributed by atoms with Crippen LogP contribution < -0.4 is 0 Å². The van der Waals surface area contributed by atoms with Gasteiger partial charge in [-0.05, 0) is 53.1 Å². The van der Waals surface area contributed by atoms with E-state index in [1.165, 1.54) is 37.9 Å². The molecule has 27 heavy (non-hydrogen) atoms. The Morgan fingerprint density at radius 2 is 1.70 bits per heavy atom. The molecule has 0 spiro atoms. The number of rotatable bonds is 2. The van der Waals surface area contributed by atoms with Crippen molar-refractivity contribution in [1.82, 2.24) is 4.57 Å². The van der Waals surface area contributed by atoms with Crippen LogP contribution in [0.2, 0.25) is 0 Å². The third-order valence-electron chi connectivity index (χ3n) is 5.86. The number of hydrogen-bond acceptors (Lipinski definition) is 0. The fraction of sp³-hybridized carbons (Fsp3) is 0.200. The quantitative estimate of drug-likeness (QED) is 0.418. The first-order chi connectivity index (χ1) is 13.2. The molecule has 1 heterocycles. The zero-order valence-electron chi connectivity index (χ0n) is 15.4. The predicted molar refractivity (Wildman–Crippen MR) is 119 cm³/mol. The molecule has 3 aromatic rings. The molecule has 0 aliphatic heterocycles. The summed E-state index contributed by atoms with van der Waals surface area (Å²) in [5.74, 6) is 1.02. The molecule has 0 radical (unpaired) electrons. The van der Waals surface area contributed by atoms with Crippen molar-refractivity contribution in [3.63, 3.8) is 0 Å². The Morgan fingerprint density at radius 3 is 2.52 bits per heavy atom. The highest BCUT2D eigenvalue weighted by atomic mass is 79.9. The standard InChI is InChI=1S/C25H22BrN/c1-17-6-2-3-7-21(17)18-10-13-20(14-11-18)27-24-9-5-4-8-22(24)23-16-19(26)12-15-25(23)27/h2-11,13-14,16-17,21H,12,15H2,1H3. The van der Waals surface area contributed by atoms with Gasteiger partial charge in [-0.15, -0.1) is 0 Å². The third kappa shape index (κ3) is 2.83. The van der Waals surface area contributed by atoms with Crippen LogP contribution in [0.25, 0.3) is 22.7 Å². The molecule has 2 heteroatoms. The number of hydrogen-bond donors (Lipinski definition) is 0. The maximum atomic E-state index is 3.71. The summed E-state index contributed by atoms with van der Waals surface area (Å²) in [6, 6.07) is 17.9. The van der Waals surface area contributed by atoms with Gasteiger partial charge >= 0.3 is 0 Å². The van der Waals surface area contributed by atoms with Gasteiger partial charge in [-0.3, -0.25) is 0 Å². The van der Waals surface area contributed by atoms with Crippen LogP contribution in [0.15, 0.2) is 77.3 Å². The van der Waals surface area contributed by atoms with Crippen molar-refractivity contribution >= 4 is 32.9 Å². The van der Waals surface area contributed by atoms with Crippen LogP contribution in [0.1, 0.15) is 36.1 Å². The van der Waals surface area contributed by atoms with Gasteiger partial charge in [0, 0.05) is 28.2 Å². The molecule has 2 aliphatic carbocycles. The normalized spacial score (nSPS) is 21.3. The highest BCUT2D eigenvalue weighted by Gasteiger charge is 2.21. The van der Waals surface area contributed by atoms with Crippen LogP contribution >= 0.6 is 15.9 Å². The first-order valence-corrected chi connectivity index (χ1v) is 10.5. The highest BCUT2D eigenvalue weighted by molar-refractivity contribution is 9.11. The van der Waals surface area contributed by atoms with Crippen molar-refractivity contribution in [2.75, 3.05) is 0 Å². The van der Waals surface area contributed by atoms with Crippen molar-refractivity contribution < 1.29 is 0 Å². The summed E-state index contributed by atoms with van der Waals surface area (Å²) in [7, 11) is 0. The van der Waals surface area contributed by atoms with Crippen molar-refractivity contribution in [3.05, 3.63) is 94.1 Å². The van der Waals surface area contributed by atoms with E-state index in [4.69, 9.17) is 0 Å². The fourth-order valence-corrected chi connectivity index (χ4v) is 4.89. The summed E-state index contributed by atoms with van der Waals surface area (Å²) in [6.07, 6.45) is 13.4. The minimum Gasteiger partial charge on any atom is -0.313 e. The van der Waals surface area contributed by atoms with Crippen LogP contribution in [0.4, 0.5) is 0 Å². The molecule has 2 aliphatic rings. The molecule has 5 rings (SSSR count). The van der Waals surface area contributed by atoms with Gasteiger partial charge in [0.2, 0.25) is 0 Å². The van der Waals surface area contributed by atoms with Crippen LogP contribution in [-0.2, 0) is 6.42 Å². The Morgan fingerprint density at radius 1 is 0.926 bits per heavy atom. The number of allylic oxidation sites excluding steroid dienone is 5. The summed E-state index contributed by atoms with van der Waals surface area (Å²) in [5, 5.41) is 1.34. The lowest BCUT2D eigenvalue weighted by atomic mass is 9.84. The Labute approximate surface area is 168 Å². The molecule has 2 unspecified atom stereocenters. The largest absolute Gasteiger partial charge is 0.313 e. The van der Waals surface area contributed by atoms with Crippen LogP contribution in [0.3, 0.4) is 0 Å². The molecule has 0 fully saturated rings. The van der Waals surface area contributed by atoms with E-state index in [-0.39, 0.29) is 0 Å². The van der Waals surface area contributed by atoms with Crippen molar-refractivity contribution in [3.8, 4) is 5.69 Å². The molecule has 0 N–H and O–H groups in total. The molecule has 1 aromatic heterocycles. The first kappa shape index (κ1) is 16.8. The molecule has 2 aromatic carbocycles. The molecular formula is C25H22BrN. The summed E-state index contributed by atoms with van der Waals surface area (Å²) in [5.41, 5.74) is 6.72. The summed E-state index contributed by atoms with van der Waals surface area (Å²) >= 11 is 3.71. The van der Waals surface area contributed by atoms with Gasteiger partial charge in [0.25, 0.3) is 0 Å². The Hall–Kier alpha value is -2.32. The molecule has 2 atom stereocenters. The second kappa shape index (κ2) is 6.69. The zero-order valence-corrected chi connectivity index (χ0v) is 17.0. The molecule has 0 saturated carbocycles. The second-order valence-corrected chi connectivity index (χ2v) is 8.57. The van der Waals surface area contributed by atoms with Gasteiger partial charge < -0.3 is 4.57 Å². The summed E-state index contributed by atoms with van der Waals surface area (Å²) < 4.78 is 3.74. The van der Waals surface area contributed by atoms with E-state index in [9.17, 15) is 0 Å². The van der Waals surface area contributed by atoms with E-state index in [1.54, 1.807) is 0 Å². The lowest BCUT2D eigenvalue weighted by molar-refractivity contribution is 0.635. The monoisotopic (exact) mass is 415 g/mol. The van der Waals surface area contributed by atoms with Crippen LogP contribution in [-0.4, -0.2) is 4.57 Å². The zero-order chi connectivity index (χ0) is 18.4. The lowest BCUT2D eigenvalue weighted by Gasteiger charge is -2.21. The van der Waals surface area contributed by atoms with Gasteiger partial charge in [0.05, 0.1) is 5.52 Å². The van der Waals surface area contributed by atoms with E-state index in [1.807, 2.05) is 0 Å². The van der Waals surface area contributed by atoms with E-state index in [0.29, 0.717) is 11.8 Å². The summed E-state index contributed by atoms with van der Waals surface area (Å²) in [4.78, 5) is 0. The van der Waals surface area contributed by atoms with E-state index in [0.717, 1.165) is 12.8 Å². The number of fused-ring (bicyclic) bond motifs is 3. The average Bonchev–Trinajstić information content (AvgIpc) is 3.02. The van der Waals surface area contributed by atoms with Crippen LogP contribution in [0.5, 0.6) is 0 Å². The smallest absolute Gasteiger partial charge is 0.0537 e. The Balaban J connectivity index is 1.63. The first-order valence-electron chi connectivity index (χ1n) is 9.66. The topological polar surface area (TPSA) is 4.93 Å². The Kier molecular flexibility index (Phi) is 4.17. The van der Waals surface area contributed by atoms with Gasteiger partial charge in [-0.1, -0.05) is 77.5 Å². The van der Waals surface area contributed by atoms with Gasteiger partial charge in [-0.2, -0.15) is 0 Å². The fourth-order valence-electron chi connectivity index (χ4n) is 4.47. The third-order valence-corrected chi connectivity index (χ3v) is 6.49. The lowest BCUT2D eigenvalue weighted by Crippen LogP contribution is -2.08. The maximum absolute atomic E-state index is 3.71. The number of para-hydroxylation sites is 1. The molecule has 0 saturated heterocycles. The van der Waals surface area contributed by atoms with E-state index < -0.39 is 0 Å². The molecule has 0 amide bonds. The van der Waals surface area contributed by atoms with Gasteiger partial charge in [-0.25, -0.2) is 0 Å². The van der Waals surface area contributed by atoms with Crippen molar-refractivity contribution in [2.24, 2.45) is 5.92 Å². The van der Waals surface area contributed by atoms with Gasteiger partial charge in [0.15, 0.2) is 0 Å². The van der Waals surface area contributed by atoms with E-state index >= 15 is 0 Å². The second-order valence-electron chi connectivity index (χ2n) is 7.55. The average molecular weight is 416 g/mol. The van der Waals surface area contributed by atoms with Crippen molar-refractivity contribution in [1.29, 1.82) is 0 Å². The highest BCUT2D eigenvalue weighted by Crippen LogP contribution is 2.37. The Bertz CT molecular complexity index is 1100. The maximum Gasteiger partial charge on any atom is 0.0537 e. The van der Waals surface area contributed by atoms with Gasteiger partial charge in [0.1, 0.15) is 0 Å². The number of benzene rings is 2. The van der Waals surface area contributed by atoms with E-state index in [2.05, 4.69) is 106 Å². The number of halogens is 1. The SMILES string of the molecule is CC1C=CC=CC1c1ccc(-n2c3c(c4ccccc42)C=C(Br)CC3)cc1. The minimum absolute atomic E-state index is 0.471. The summed E-state index contributed by atoms with van der Waals surface area (Å²) in [6.45, 7) is 2.29. The predicted octanol–water partition coefficient (Wildman–Crippen LogP) is 7.16. The van der Waals surface area contributed by atoms with Crippen LogP contribution in [0, 0.1) is 5.92 Å². The molecule has 1 nitrogen and oxygen atoms in total.